The number of nitriles is 1. The molecule has 0 fully saturated rings. The first-order valence-corrected chi connectivity index (χ1v) is 7.02. The molecule has 1 aromatic rings. The number of rotatable bonds is 4. The molecule has 1 heterocycles. The van der Waals surface area contributed by atoms with Crippen LogP contribution < -0.4 is 9.64 Å². The van der Waals surface area contributed by atoms with Gasteiger partial charge >= 0.3 is 0 Å². The monoisotopic (exact) mass is 286 g/mol. The van der Waals surface area contributed by atoms with Crippen LogP contribution in [0.15, 0.2) is 18.2 Å². The number of amides is 1. The summed E-state index contributed by atoms with van der Waals surface area (Å²) in [5.74, 6) is 0.228. The van der Waals surface area contributed by atoms with Crippen LogP contribution in [0, 0.1) is 11.3 Å². The maximum atomic E-state index is 12.7. The van der Waals surface area contributed by atoms with Crippen molar-refractivity contribution in [2.75, 3.05) is 11.4 Å². The lowest BCUT2D eigenvalue weighted by Crippen LogP contribution is -2.55. The van der Waals surface area contributed by atoms with Crippen molar-refractivity contribution >= 4 is 17.4 Å². The van der Waals surface area contributed by atoms with Gasteiger partial charge in [0.15, 0.2) is 11.4 Å². The molecule has 0 saturated heterocycles. The highest BCUT2D eigenvalue weighted by Gasteiger charge is 2.45. The van der Waals surface area contributed by atoms with Gasteiger partial charge in [-0.2, -0.15) is 5.26 Å². The van der Waals surface area contributed by atoms with Crippen molar-refractivity contribution in [3.63, 3.8) is 0 Å². The Balaban J connectivity index is 2.59. The standard InChI is InChI=1S/C16H18N2O3/c1-4-16(5-2)15(20)18(9-8-17)13-10-12(11(3)19)6-7-14(13)21-16/h6-7,10H,4-5,9H2,1-3H3. The molecular weight excluding hydrogens is 268 g/mol. The first-order valence-electron chi connectivity index (χ1n) is 7.02. The second-order valence-corrected chi connectivity index (χ2v) is 5.09. The minimum Gasteiger partial charge on any atom is -0.475 e. The third-order valence-corrected chi connectivity index (χ3v) is 3.97. The summed E-state index contributed by atoms with van der Waals surface area (Å²) >= 11 is 0. The fourth-order valence-electron chi connectivity index (χ4n) is 2.57. The van der Waals surface area contributed by atoms with Gasteiger partial charge in [0.1, 0.15) is 12.3 Å². The van der Waals surface area contributed by atoms with Gasteiger partial charge in [0.2, 0.25) is 0 Å². The van der Waals surface area contributed by atoms with Gasteiger partial charge < -0.3 is 4.74 Å². The zero-order chi connectivity index (χ0) is 15.6. The van der Waals surface area contributed by atoms with E-state index < -0.39 is 5.60 Å². The van der Waals surface area contributed by atoms with Gasteiger partial charge in [0, 0.05) is 5.56 Å². The molecule has 0 saturated carbocycles. The van der Waals surface area contributed by atoms with E-state index >= 15 is 0 Å². The molecule has 21 heavy (non-hydrogen) atoms. The average Bonchev–Trinajstić information content (AvgIpc) is 2.49. The van der Waals surface area contributed by atoms with Crippen LogP contribution >= 0.6 is 0 Å². The molecule has 2 rings (SSSR count). The van der Waals surface area contributed by atoms with Crippen molar-refractivity contribution in [2.24, 2.45) is 0 Å². The van der Waals surface area contributed by atoms with Crippen LogP contribution in [0.5, 0.6) is 5.75 Å². The zero-order valence-corrected chi connectivity index (χ0v) is 12.5. The number of hydrogen-bond acceptors (Lipinski definition) is 4. The van der Waals surface area contributed by atoms with Crippen LogP contribution in [0.25, 0.3) is 0 Å². The summed E-state index contributed by atoms with van der Waals surface area (Å²) in [4.78, 5) is 25.6. The third kappa shape index (κ3) is 2.38. The molecule has 0 aromatic heterocycles. The van der Waals surface area contributed by atoms with Crippen molar-refractivity contribution in [1.82, 2.24) is 0 Å². The highest BCUT2D eigenvalue weighted by molar-refractivity contribution is 6.04. The van der Waals surface area contributed by atoms with Gasteiger partial charge in [-0.1, -0.05) is 13.8 Å². The molecule has 5 nitrogen and oxygen atoms in total. The Kier molecular flexibility index (Phi) is 3.99. The second-order valence-electron chi connectivity index (χ2n) is 5.09. The van der Waals surface area contributed by atoms with Crippen molar-refractivity contribution in [1.29, 1.82) is 5.26 Å². The van der Waals surface area contributed by atoms with Crippen LogP contribution in [0.1, 0.15) is 44.0 Å². The Bertz CT molecular complexity index is 627. The molecule has 0 atom stereocenters. The SMILES string of the molecule is CCC1(CC)Oc2ccc(C(C)=O)cc2N(CC#N)C1=O. The van der Waals surface area contributed by atoms with E-state index in [2.05, 4.69) is 0 Å². The lowest BCUT2D eigenvalue weighted by atomic mass is 9.92. The molecule has 1 aliphatic rings. The van der Waals surface area contributed by atoms with Crippen molar-refractivity contribution < 1.29 is 14.3 Å². The summed E-state index contributed by atoms with van der Waals surface area (Å²) in [6, 6.07) is 7.00. The fourth-order valence-corrected chi connectivity index (χ4v) is 2.57. The summed E-state index contributed by atoms with van der Waals surface area (Å²) in [7, 11) is 0. The Hall–Kier alpha value is -2.35. The maximum absolute atomic E-state index is 12.7. The molecule has 0 radical (unpaired) electrons. The molecule has 0 bridgehead atoms. The van der Waals surface area contributed by atoms with E-state index in [9.17, 15) is 9.59 Å². The van der Waals surface area contributed by atoms with Crippen LogP contribution in [-0.2, 0) is 4.79 Å². The smallest absolute Gasteiger partial charge is 0.272 e. The lowest BCUT2D eigenvalue weighted by molar-refractivity contribution is -0.136. The molecule has 0 spiro atoms. The van der Waals surface area contributed by atoms with Gasteiger partial charge in [-0.3, -0.25) is 14.5 Å². The van der Waals surface area contributed by atoms with Crippen LogP contribution in [0.4, 0.5) is 5.69 Å². The largest absolute Gasteiger partial charge is 0.475 e. The van der Waals surface area contributed by atoms with Gasteiger partial charge in [0.05, 0.1) is 11.8 Å². The highest BCUT2D eigenvalue weighted by atomic mass is 16.5. The van der Waals surface area contributed by atoms with Crippen molar-refractivity contribution in [3.8, 4) is 11.8 Å². The highest BCUT2D eigenvalue weighted by Crippen LogP contribution is 2.40. The first kappa shape index (κ1) is 15.0. The van der Waals surface area contributed by atoms with E-state index in [4.69, 9.17) is 10.00 Å². The van der Waals surface area contributed by atoms with Gasteiger partial charge in [0.25, 0.3) is 5.91 Å². The van der Waals surface area contributed by atoms with Gasteiger partial charge in [-0.15, -0.1) is 0 Å². The number of nitrogens with zero attached hydrogens (tertiary/aromatic N) is 2. The number of fused-ring (bicyclic) bond motifs is 1. The fraction of sp³-hybridized carbons (Fsp3) is 0.438. The summed E-state index contributed by atoms with van der Waals surface area (Å²) in [6.07, 6.45) is 1.05. The number of anilines is 1. The molecule has 5 heteroatoms. The minimum absolute atomic E-state index is 0.0572. The molecular formula is C16H18N2O3. The van der Waals surface area contributed by atoms with Crippen molar-refractivity contribution in [2.45, 2.75) is 39.2 Å². The molecule has 0 aliphatic carbocycles. The lowest BCUT2D eigenvalue weighted by Gasteiger charge is -2.41. The number of benzene rings is 1. The quantitative estimate of drug-likeness (QED) is 0.630. The molecule has 110 valence electrons. The van der Waals surface area contributed by atoms with E-state index in [1.165, 1.54) is 11.8 Å². The third-order valence-electron chi connectivity index (χ3n) is 3.97. The van der Waals surface area contributed by atoms with E-state index in [0.717, 1.165) is 0 Å². The summed E-state index contributed by atoms with van der Waals surface area (Å²) < 4.78 is 5.93. The van der Waals surface area contributed by atoms with Gasteiger partial charge in [-0.05, 0) is 38.0 Å². The number of Topliss-reactive ketones (excluding diaryl/α,β-unsaturated/α-hetero) is 1. The Morgan fingerprint density at radius 3 is 2.57 bits per heavy atom. The van der Waals surface area contributed by atoms with E-state index in [0.29, 0.717) is 29.8 Å². The second kappa shape index (κ2) is 5.57. The van der Waals surface area contributed by atoms with E-state index in [1.54, 1.807) is 18.2 Å². The van der Waals surface area contributed by atoms with Crippen LogP contribution in [0.2, 0.25) is 0 Å². The first-order chi connectivity index (χ1) is 9.99. The number of ketones is 1. The predicted octanol–water partition coefficient (Wildman–Crippen LogP) is 2.70. The van der Waals surface area contributed by atoms with Crippen LogP contribution in [-0.4, -0.2) is 23.8 Å². The van der Waals surface area contributed by atoms with Gasteiger partial charge in [-0.25, -0.2) is 0 Å². The number of carbonyl (C=O) groups is 2. The normalized spacial score (nSPS) is 15.9. The topological polar surface area (TPSA) is 70.4 Å². The van der Waals surface area contributed by atoms with Crippen molar-refractivity contribution in [3.05, 3.63) is 23.8 Å². The summed E-state index contributed by atoms with van der Waals surface area (Å²) in [5, 5.41) is 9.00. The number of carbonyl (C=O) groups excluding carboxylic acids is 2. The van der Waals surface area contributed by atoms with E-state index in [-0.39, 0.29) is 18.2 Å². The Morgan fingerprint density at radius 1 is 1.38 bits per heavy atom. The Morgan fingerprint density at radius 2 is 2.05 bits per heavy atom. The molecule has 1 amide bonds. The molecule has 0 unspecified atom stereocenters. The number of hydrogen-bond donors (Lipinski definition) is 0. The zero-order valence-electron chi connectivity index (χ0n) is 12.5. The Labute approximate surface area is 124 Å². The minimum atomic E-state index is -0.929. The summed E-state index contributed by atoms with van der Waals surface area (Å²) in [6.45, 7) is 5.18. The predicted molar refractivity (Wildman–Crippen MR) is 78.4 cm³/mol. The average molecular weight is 286 g/mol. The molecule has 1 aromatic carbocycles. The summed E-state index contributed by atoms with van der Waals surface area (Å²) in [5.41, 5.74) is 0.0575. The number of ether oxygens (including phenoxy) is 1. The van der Waals surface area contributed by atoms with Crippen LogP contribution in [0.3, 0.4) is 0 Å². The maximum Gasteiger partial charge on any atom is 0.272 e. The molecule has 0 N–H and O–H groups in total. The molecule has 1 aliphatic heterocycles. The van der Waals surface area contributed by atoms with E-state index in [1.807, 2.05) is 19.9 Å².